The largest absolute Gasteiger partial charge is 0.481 e. The van der Waals surface area contributed by atoms with Gasteiger partial charge in [0.05, 0.1) is 5.92 Å². The summed E-state index contributed by atoms with van der Waals surface area (Å²) < 4.78 is 1.08. The van der Waals surface area contributed by atoms with E-state index in [-0.39, 0.29) is 18.0 Å². The summed E-state index contributed by atoms with van der Waals surface area (Å²) >= 11 is 3.44. The Bertz CT molecular complexity index is 576. The first-order valence-electron chi connectivity index (χ1n) is 8.06. The summed E-state index contributed by atoms with van der Waals surface area (Å²) in [4.78, 5) is 24.9. The van der Waals surface area contributed by atoms with Gasteiger partial charge in [0.2, 0.25) is 0 Å². The van der Waals surface area contributed by atoms with Crippen LogP contribution in [0, 0.1) is 5.92 Å². The van der Waals surface area contributed by atoms with Gasteiger partial charge >= 0.3 is 12.0 Å². The third-order valence-electron chi connectivity index (χ3n) is 4.94. The topological polar surface area (TPSA) is 69.6 Å². The van der Waals surface area contributed by atoms with Gasteiger partial charge in [-0.05, 0) is 49.3 Å². The summed E-state index contributed by atoms with van der Waals surface area (Å²) in [6.45, 7) is 1.07. The molecular formula is C17H21BrN2O3. The second kappa shape index (κ2) is 6.91. The number of nitrogens with zero attached hydrogens (tertiary/aromatic N) is 1. The smallest absolute Gasteiger partial charge is 0.317 e. The van der Waals surface area contributed by atoms with E-state index in [0.717, 1.165) is 17.3 Å². The Labute approximate surface area is 144 Å². The lowest BCUT2D eigenvalue weighted by molar-refractivity contribution is -0.143. The third-order valence-corrected chi connectivity index (χ3v) is 5.47. The normalized spacial score (nSPS) is 24.8. The van der Waals surface area contributed by atoms with Crippen LogP contribution in [0.4, 0.5) is 4.79 Å². The van der Waals surface area contributed by atoms with Crippen LogP contribution in [-0.4, -0.2) is 41.1 Å². The fourth-order valence-electron chi connectivity index (χ4n) is 3.34. The van der Waals surface area contributed by atoms with Crippen molar-refractivity contribution in [3.8, 4) is 0 Å². The molecule has 1 aliphatic carbocycles. The molecule has 1 saturated carbocycles. The molecule has 1 heterocycles. The second-order valence-corrected chi connectivity index (χ2v) is 7.38. The predicted molar refractivity (Wildman–Crippen MR) is 90.4 cm³/mol. The molecule has 0 unspecified atom stereocenters. The van der Waals surface area contributed by atoms with Crippen LogP contribution in [0.5, 0.6) is 0 Å². The minimum atomic E-state index is -0.749. The fourth-order valence-corrected chi connectivity index (χ4v) is 3.60. The van der Waals surface area contributed by atoms with Gasteiger partial charge in [-0.15, -0.1) is 0 Å². The zero-order valence-corrected chi connectivity index (χ0v) is 14.5. The van der Waals surface area contributed by atoms with Crippen molar-refractivity contribution in [2.45, 2.75) is 37.6 Å². The summed E-state index contributed by atoms with van der Waals surface area (Å²) in [6.07, 6.45) is 3.04. The van der Waals surface area contributed by atoms with Crippen molar-refractivity contribution in [2.75, 3.05) is 13.1 Å². The molecule has 3 rings (SSSR count). The standard InChI is InChI=1S/C17H21BrN2O3/c18-14-3-1-11(2-4-14)13-9-15(10-13)19-17(23)20-7-5-12(6-8-20)16(21)22/h1-4,12-13,15H,5-10H2,(H,19,23)(H,21,22). The highest BCUT2D eigenvalue weighted by atomic mass is 79.9. The Balaban J connectivity index is 1.42. The maximum atomic E-state index is 12.2. The first-order valence-corrected chi connectivity index (χ1v) is 8.86. The molecule has 2 amide bonds. The number of urea groups is 1. The van der Waals surface area contributed by atoms with Crippen molar-refractivity contribution in [1.82, 2.24) is 10.2 Å². The van der Waals surface area contributed by atoms with Crippen molar-refractivity contribution in [3.05, 3.63) is 34.3 Å². The van der Waals surface area contributed by atoms with Crippen LogP contribution in [0.2, 0.25) is 0 Å². The van der Waals surface area contributed by atoms with Crippen LogP contribution >= 0.6 is 15.9 Å². The average Bonchev–Trinajstić information content (AvgIpc) is 2.51. The molecule has 0 aromatic heterocycles. The minimum Gasteiger partial charge on any atom is -0.481 e. The quantitative estimate of drug-likeness (QED) is 0.845. The maximum absolute atomic E-state index is 12.2. The van der Waals surface area contributed by atoms with Crippen molar-refractivity contribution in [1.29, 1.82) is 0 Å². The molecule has 2 aliphatic rings. The first kappa shape index (κ1) is 16.3. The summed E-state index contributed by atoms with van der Waals surface area (Å²) in [7, 11) is 0. The average molecular weight is 381 g/mol. The number of rotatable bonds is 3. The predicted octanol–water partition coefficient (Wildman–Crippen LogP) is 3.20. The lowest BCUT2D eigenvalue weighted by atomic mass is 9.76. The van der Waals surface area contributed by atoms with Crippen LogP contribution in [-0.2, 0) is 4.79 Å². The molecule has 1 aliphatic heterocycles. The molecule has 1 saturated heterocycles. The fraction of sp³-hybridized carbons (Fsp3) is 0.529. The van der Waals surface area contributed by atoms with Gasteiger partial charge in [0.15, 0.2) is 0 Å². The SMILES string of the molecule is O=C(O)C1CCN(C(=O)NC2CC(c3ccc(Br)cc3)C2)CC1. The Morgan fingerprint density at radius 2 is 1.74 bits per heavy atom. The number of carbonyl (C=O) groups excluding carboxylic acids is 1. The number of carboxylic acid groups (broad SMARTS) is 1. The van der Waals surface area contributed by atoms with E-state index < -0.39 is 5.97 Å². The Hall–Kier alpha value is -1.56. The Morgan fingerprint density at radius 1 is 1.13 bits per heavy atom. The Morgan fingerprint density at radius 3 is 2.30 bits per heavy atom. The number of benzene rings is 1. The van der Waals surface area contributed by atoms with Crippen molar-refractivity contribution < 1.29 is 14.7 Å². The van der Waals surface area contributed by atoms with Crippen LogP contribution in [0.25, 0.3) is 0 Å². The van der Waals surface area contributed by atoms with Crippen molar-refractivity contribution in [3.63, 3.8) is 0 Å². The molecule has 0 radical (unpaired) electrons. The van der Waals surface area contributed by atoms with Gasteiger partial charge in [0.25, 0.3) is 0 Å². The number of hydrogen-bond acceptors (Lipinski definition) is 2. The second-order valence-electron chi connectivity index (χ2n) is 6.47. The highest BCUT2D eigenvalue weighted by Gasteiger charge is 2.33. The number of halogens is 1. The minimum absolute atomic E-state index is 0.0481. The number of nitrogens with one attached hydrogen (secondary N) is 1. The summed E-state index contributed by atoms with van der Waals surface area (Å²) in [6, 6.07) is 8.54. The lowest BCUT2D eigenvalue weighted by Gasteiger charge is -2.38. The van der Waals surface area contributed by atoms with E-state index in [1.807, 2.05) is 12.1 Å². The number of likely N-dealkylation sites (tertiary alicyclic amines) is 1. The van der Waals surface area contributed by atoms with Crippen LogP contribution in [0.15, 0.2) is 28.7 Å². The maximum Gasteiger partial charge on any atom is 0.317 e. The van der Waals surface area contributed by atoms with Gasteiger partial charge in [-0.25, -0.2) is 4.79 Å². The number of aliphatic carboxylic acids is 1. The molecular weight excluding hydrogens is 360 g/mol. The van der Waals surface area contributed by atoms with Gasteiger partial charge in [-0.2, -0.15) is 0 Å². The molecule has 6 heteroatoms. The highest BCUT2D eigenvalue weighted by molar-refractivity contribution is 9.10. The van der Waals surface area contributed by atoms with Crippen LogP contribution in [0.1, 0.15) is 37.2 Å². The van der Waals surface area contributed by atoms with Gasteiger partial charge in [0.1, 0.15) is 0 Å². The molecule has 5 nitrogen and oxygen atoms in total. The van der Waals surface area contributed by atoms with Gasteiger partial charge in [-0.1, -0.05) is 28.1 Å². The monoisotopic (exact) mass is 380 g/mol. The number of piperidine rings is 1. The number of hydrogen-bond donors (Lipinski definition) is 2. The van der Waals surface area contributed by atoms with Gasteiger partial charge < -0.3 is 15.3 Å². The zero-order valence-electron chi connectivity index (χ0n) is 12.9. The number of amides is 2. The van der Waals surface area contributed by atoms with Gasteiger partial charge in [-0.3, -0.25) is 4.79 Å². The molecule has 1 aromatic rings. The highest BCUT2D eigenvalue weighted by Crippen LogP contribution is 2.37. The van der Waals surface area contributed by atoms with Crippen LogP contribution in [0.3, 0.4) is 0 Å². The molecule has 0 atom stereocenters. The van der Waals surface area contributed by atoms with E-state index in [1.54, 1.807) is 4.90 Å². The van der Waals surface area contributed by atoms with E-state index >= 15 is 0 Å². The molecule has 2 fully saturated rings. The molecule has 0 bridgehead atoms. The number of carbonyl (C=O) groups is 2. The zero-order chi connectivity index (χ0) is 16.4. The Kier molecular flexibility index (Phi) is 4.90. The van der Waals surface area contributed by atoms with E-state index in [1.165, 1.54) is 5.56 Å². The molecule has 23 heavy (non-hydrogen) atoms. The molecule has 124 valence electrons. The molecule has 2 N–H and O–H groups in total. The third kappa shape index (κ3) is 3.86. The van der Waals surface area contributed by atoms with Gasteiger partial charge in [0, 0.05) is 23.6 Å². The number of carboxylic acids is 1. The van der Waals surface area contributed by atoms with E-state index in [2.05, 4.69) is 33.4 Å². The lowest BCUT2D eigenvalue weighted by Crippen LogP contribution is -2.51. The van der Waals surface area contributed by atoms with Crippen molar-refractivity contribution >= 4 is 27.9 Å². The van der Waals surface area contributed by atoms with E-state index in [0.29, 0.717) is 31.8 Å². The summed E-state index contributed by atoms with van der Waals surface area (Å²) in [5, 5.41) is 12.1. The summed E-state index contributed by atoms with van der Waals surface area (Å²) in [5.74, 6) is -0.530. The molecule has 0 spiro atoms. The van der Waals surface area contributed by atoms with Crippen LogP contribution < -0.4 is 5.32 Å². The van der Waals surface area contributed by atoms with Crippen molar-refractivity contribution in [2.24, 2.45) is 5.92 Å². The van der Waals surface area contributed by atoms with E-state index in [4.69, 9.17) is 5.11 Å². The van der Waals surface area contributed by atoms with E-state index in [9.17, 15) is 9.59 Å². The summed E-state index contributed by atoms with van der Waals surface area (Å²) in [5.41, 5.74) is 1.32. The molecule has 1 aromatic carbocycles. The first-order chi connectivity index (χ1) is 11.0.